The predicted molar refractivity (Wildman–Crippen MR) is 94.7 cm³/mol. The zero-order valence-corrected chi connectivity index (χ0v) is 15.0. The van der Waals surface area contributed by atoms with Gasteiger partial charge in [0.25, 0.3) is 11.8 Å². The second kappa shape index (κ2) is 7.95. The number of nitrogens with two attached hydrogens (primary N) is 1. The molecule has 3 rings (SSSR count). The molecule has 4 N–H and O–H groups in total. The molecule has 0 radical (unpaired) electrons. The molecule has 0 aromatic heterocycles. The van der Waals surface area contributed by atoms with Crippen molar-refractivity contribution < 1.29 is 23.9 Å². The van der Waals surface area contributed by atoms with Crippen molar-refractivity contribution in [1.29, 1.82) is 0 Å². The number of amides is 4. The first kappa shape index (κ1) is 19.2. The summed E-state index contributed by atoms with van der Waals surface area (Å²) in [5.41, 5.74) is 7.09. The van der Waals surface area contributed by atoms with Crippen LogP contribution in [0.15, 0.2) is 18.2 Å². The summed E-state index contributed by atoms with van der Waals surface area (Å²) >= 11 is 0. The summed E-state index contributed by atoms with van der Waals surface area (Å²) in [6, 6.07) is 3.87. The molecule has 2 aliphatic heterocycles. The first-order valence-corrected chi connectivity index (χ1v) is 8.72. The minimum Gasteiger partial charge on any atom is -0.383 e. The number of methoxy groups -OCH3 is 1. The van der Waals surface area contributed by atoms with Gasteiger partial charge in [0.15, 0.2) is 0 Å². The van der Waals surface area contributed by atoms with Crippen LogP contribution in [0.3, 0.4) is 0 Å². The first-order chi connectivity index (χ1) is 12.9. The Morgan fingerprint density at radius 1 is 1.30 bits per heavy atom. The summed E-state index contributed by atoms with van der Waals surface area (Å²) < 4.78 is 4.98. The Bertz CT molecular complexity index is 794. The van der Waals surface area contributed by atoms with E-state index in [-0.39, 0.29) is 24.4 Å². The van der Waals surface area contributed by atoms with Gasteiger partial charge in [-0.15, -0.1) is 0 Å². The van der Waals surface area contributed by atoms with Crippen molar-refractivity contribution in [2.24, 2.45) is 5.73 Å². The summed E-state index contributed by atoms with van der Waals surface area (Å²) in [6.07, 6.45) is 0.227. The number of rotatable bonds is 7. The Morgan fingerprint density at radius 2 is 2.07 bits per heavy atom. The molecule has 0 spiro atoms. The van der Waals surface area contributed by atoms with Crippen LogP contribution in [-0.4, -0.2) is 60.9 Å². The first-order valence-electron chi connectivity index (χ1n) is 8.72. The molecule has 1 aromatic carbocycles. The minimum absolute atomic E-state index is 0.0929. The molecule has 0 bridgehead atoms. The van der Waals surface area contributed by atoms with Gasteiger partial charge in [0.1, 0.15) is 6.04 Å². The number of piperidine rings is 1. The molecule has 1 unspecified atom stereocenters. The summed E-state index contributed by atoms with van der Waals surface area (Å²) in [5.74, 6) is -2.04. The van der Waals surface area contributed by atoms with Gasteiger partial charge in [-0.25, -0.2) is 0 Å². The van der Waals surface area contributed by atoms with Crippen molar-refractivity contribution >= 4 is 23.6 Å². The van der Waals surface area contributed by atoms with E-state index in [2.05, 4.69) is 10.6 Å². The van der Waals surface area contributed by atoms with Crippen LogP contribution in [0.2, 0.25) is 0 Å². The summed E-state index contributed by atoms with van der Waals surface area (Å²) in [7, 11) is 1.57. The van der Waals surface area contributed by atoms with E-state index in [9.17, 15) is 19.2 Å². The average molecular weight is 374 g/mol. The van der Waals surface area contributed by atoms with Gasteiger partial charge >= 0.3 is 0 Å². The maximum absolute atomic E-state index is 12.9. The molecular weight excluding hydrogens is 352 g/mol. The summed E-state index contributed by atoms with van der Waals surface area (Å²) in [5, 5.41) is 5.33. The van der Waals surface area contributed by atoms with Crippen LogP contribution < -0.4 is 16.4 Å². The normalized spacial score (nSPS) is 20.7. The van der Waals surface area contributed by atoms with Crippen LogP contribution in [0.4, 0.5) is 0 Å². The molecule has 0 aliphatic carbocycles. The van der Waals surface area contributed by atoms with Crippen LogP contribution in [-0.2, 0) is 20.9 Å². The molecule has 9 nitrogen and oxygen atoms in total. The van der Waals surface area contributed by atoms with Gasteiger partial charge in [-0.3, -0.25) is 29.4 Å². The maximum atomic E-state index is 12.9. The largest absolute Gasteiger partial charge is 0.383 e. The number of fused-ring (bicyclic) bond motifs is 1. The van der Waals surface area contributed by atoms with E-state index in [0.717, 1.165) is 4.90 Å². The zero-order chi connectivity index (χ0) is 19.6. The Hall–Kier alpha value is -2.62. The lowest BCUT2D eigenvalue weighted by Crippen LogP contribution is -2.54. The fraction of sp³-hybridized carbons (Fsp3) is 0.444. The monoisotopic (exact) mass is 374 g/mol. The molecule has 2 heterocycles. The van der Waals surface area contributed by atoms with E-state index in [1.54, 1.807) is 25.3 Å². The number of carbonyl (C=O) groups is 4. The van der Waals surface area contributed by atoms with Crippen LogP contribution in [0.5, 0.6) is 0 Å². The smallest absolute Gasteiger partial charge is 0.262 e. The summed E-state index contributed by atoms with van der Waals surface area (Å²) in [6.45, 7) is 1.24. The lowest BCUT2D eigenvalue weighted by Gasteiger charge is -2.27. The number of hydrogen-bond acceptors (Lipinski definition) is 7. The number of hydrogen-bond donors (Lipinski definition) is 3. The standard InChI is InChI=1S/C18H22N4O5/c1-27-9-11(19)8-20-7-10-3-2-4-12-15(10)18(26)22(17(12)25)13-5-6-14(23)21-16(13)24/h2-4,11,13,20H,5-9,19H2,1H3,(H,21,23,24)/t11-,13?/m1/s1. The molecule has 4 amide bonds. The molecule has 1 saturated heterocycles. The molecule has 2 atom stereocenters. The molecule has 2 aliphatic rings. The van der Waals surface area contributed by atoms with E-state index >= 15 is 0 Å². The highest BCUT2D eigenvalue weighted by Crippen LogP contribution is 2.29. The number of carbonyl (C=O) groups excluding carboxylic acids is 4. The van der Waals surface area contributed by atoms with Gasteiger partial charge in [-0.2, -0.15) is 0 Å². The third kappa shape index (κ3) is 3.75. The maximum Gasteiger partial charge on any atom is 0.262 e. The van der Waals surface area contributed by atoms with Gasteiger partial charge < -0.3 is 15.8 Å². The molecule has 1 fully saturated rings. The van der Waals surface area contributed by atoms with Crippen LogP contribution in [0.1, 0.15) is 39.1 Å². The lowest BCUT2D eigenvalue weighted by atomic mass is 10.0. The number of ether oxygens (including phenoxy) is 1. The molecule has 27 heavy (non-hydrogen) atoms. The highest BCUT2D eigenvalue weighted by Gasteiger charge is 2.45. The molecular formula is C18H22N4O5. The highest BCUT2D eigenvalue weighted by atomic mass is 16.5. The number of imide groups is 2. The summed E-state index contributed by atoms with van der Waals surface area (Å²) in [4.78, 5) is 50.1. The van der Waals surface area contributed by atoms with Gasteiger partial charge in [0.2, 0.25) is 11.8 Å². The number of benzene rings is 1. The minimum atomic E-state index is -0.967. The predicted octanol–water partition coefficient (Wildman–Crippen LogP) is -0.849. The van der Waals surface area contributed by atoms with E-state index in [1.165, 1.54) is 0 Å². The van der Waals surface area contributed by atoms with Gasteiger partial charge in [-0.1, -0.05) is 12.1 Å². The van der Waals surface area contributed by atoms with Crippen molar-refractivity contribution in [3.63, 3.8) is 0 Å². The van der Waals surface area contributed by atoms with Gasteiger partial charge in [-0.05, 0) is 18.1 Å². The van der Waals surface area contributed by atoms with Crippen molar-refractivity contribution in [3.05, 3.63) is 34.9 Å². The number of nitrogens with one attached hydrogen (secondary N) is 2. The van der Waals surface area contributed by atoms with E-state index in [4.69, 9.17) is 10.5 Å². The van der Waals surface area contributed by atoms with Crippen molar-refractivity contribution in [3.8, 4) is 0 Å². The Morgan fingerprint density at radius 3 is 2.78 bits per heavy atom. The topological polar surface area (TPSA) is 131 Å². The fourth-order valence-corrected chi connectivity index (χ4v) is 3.40. The fourth-order valence-electron chi connectivity index (χ4n) is 3.40. The highest BCUT2D eigenvalue weighted by molar-refractivity contribution is 6.24. The lowest BCUT2D eigenvalue weighted by molar-refractivity contribution is -0.136. The van der Waals surface area contributed by atoms with Crippen LogP contribution in [0.25, 0.3) is 0 Å². The van der Waals surface area contributed by atoms with Gasteiger partial charge in [0.05, 0.1) is 17.7 Å². The number of nitrogens with zero attached hydrogens (tertiary/aromatic N) is 1. The third-order valence-corrected chi connectivity index (χ3v) is 4.66. The van der Waals surface area contributed by atoms with Crippen molar-refractivity contribution in [1.82, 2.24) is 15.5 Å². The molecule has 1 aromatic rings. The van der Waals surface area contributed by atoms with Crippen molar-refractivity contribution in [2.45, 2.75) is 31.5 Å². The second-order valence-corrected chi connectivity index (χ2v) is 6.63. The van der Waals surface area contributed by atoms with E-state index in [0.29, 0.717) is 30.8 Å². The Kier molecular flexibility index (Phi) is 5.64. The zero-order valence-electron chi connectivity index (χ0n) is 15.0. The second-order valence-electron chi connectivity index (χ2n) is 6.63. The van der Waals surface area contributed by atoms with Crippen molar-refractivity contribution in [2.75, 3.05) is 20.3 Å². The molecule has 9 heteroatoms. The van der Waals surface area contributed by atoms with E-state index < -0.39 is 29.7 Å². The quantitative estimate of drug-likeness (QED) is 0.530. The van der Waals surface area contributed by atoms with E-state index in [1.807, 2.05) is 0 Å². The Labute approximate surface area is 156 Å². The van der Waals surface area contributed by atoms with Gasteiger partial charge in [0, 0.05) is 32.7 Å². The average Bonchev–Trinajstić information content (AvgIpc) is 2.87. The third-order valence-electron chi connectivity index (χ3n) is 4.66. The molecule has 0 saturated carbocycles. The SMILES string of the molecule is COC[C@H](N)CNCc1cccc2c1C(=O)N(C1CCC(=O)NC1=O)C2=O. The van der Waals surface area contributed by atoms with Crippen LogP contribution in [0, 0.1) is 0 Å². The Balaban J connectivity index is 1.78. The molecule has 144 valence electrons. The van der Waals surface area contributed by atoms with Crippen LogP contribution >= 0.6 is 0 Å².